The largest absolute Gasteiger partial charge is 0.458 e. The predicted molar refractivity (Wildman–Crippen MR) is 260 cm³/mol. The van der Waals surface area contributed by atoms with Gasteiger partial charge in [-0.2, -0.15) is 0 Å². The Balaban J connectivity index is 1.06. The number of nitrogens with zero attached hydrogens (tertiary/aromatic N) is 1. The lowest BCUT2D eigenvalue weighted by molar-refractivity contribution is 0.481. The zero-order valence-corrected chi connectivity index (χ0v) is 35.3. The quantitative estimate of drug-likeness (QED) is 0.161. The summed E-state index contributed by atoms with van der Waals surface area (Å²) in [6.07, 6.45) is 0. The molecule has 1 spiro atoms. The number of para-hydroxylation sites is 3. The molecule has 0 fully saturated rings. The molecule has 2 heterocycles. The molecule has 63 heavy (non-hydrogen) atoms. The minimum atomic E-state index is -3.00. The molecule has 0 aromatic heterocycles. The van der Waals surface area contributed by atoms with Crippen molar-refractivity contribution in [2.24, 2.45) is 0 Å². The highest BCUT2D eigenvalue weighted by Gasteiger charge is 2.53. The third-order valence-corrected chi connectivity index (χ3v) is 18.5. The Labute approximate surface area is 367 Å². The number of fused-ring (bicyclic) bond motifs is 12. The van der Waals surface area contributed by atoms with E-state index in [-0.39, 0.29) is 0 Å². The summed E-state index contributed by atoms with van der Waals surface area (Å²) in [7, 11) is -3.00. The van der Waals surface area contributed by atoms with Gasteiger partial charge in [-0.05, 0) is 114 Å². The molecule has 0 saturated heterocycles. The molecule has 0 amide bonds. The van der Waals surface area contributed by atoms with Crippen LogP contribution < -0.4 is 35.1 Å². The zero-order chi connectivity index (χ0) is 41.5. The Morgan fingerprint density at radius 1 is 0.349 bits per heavy atom. The number of rotatable bonds is 5. The maximum atomic E-state index is 6.91. The van der Waals surface area contributed by atoms with E-state index in [4.69, 9.17) is 9.47 Å². The summed E-state index contributed by atoms with van der Waals surface area (Å²) in [5, 5.41) is 7.24. The number of hydrogen-bond donors (Lipinski definition) is 0. The summed E-state index contributed by atoms with van der Waals surface area (Å²) < 4.78 is 13.6. The van der Waals surface area contributed by atoms with Crippen molar-refractivity contribution in [2.45, 2.75) is 5.41 Å². The van der Waals surface area contributed by atoms with Crippen molar-refractivity contribution in [1.82, 2.24) is 0 Å². The fourth-order valence-corrected chi connectivity index (χ4v) is 16.3. The van der Waals surface area contributed by atoms with Crippen molar-refractivity contribution in [3.8, 4) is 34.1 Å². The first-order chi connectivity index (χ1) is 31.2. The van der Waals surface area contributed by atoms with Crippen molar-refractivity contribution in [2.75, 3.05) is 4.90 Å². The van der Waals surface area contributed by atoms with Crippen molar-refractivity contribution in [1.29, 1.82) is 0 Å². The van der Waals surface area contributed by atoms with Crippen molar-refractivity contribution >= 4 is 56.7 Å². The van der Waals surface area contributed by atoms with Gasteiger partial charge in [0.15, 0.2) is 8.07 Å². The fraction of sp³-hybridized carbons (Fsp3) is 0.0169. The molecular formula is C59H39NO2Si. The van der Waals surface area contributed by atoms with E-state index in [9.17, 15) is 0 Å². The molecule has 10 aromatic rings. The van der Waals surface area contributed by atoms with Crippen LogP contribution in [0.2, 0.25) is 0 Å². The van der Waals surface area contributed by atoms with Gasteiger partial charge in [-0.25, -0.2) is 0 Å². The minimum Gasteiger partial charge on any atom is -0.458 e. The summed E-state index contributed by atoms with van der Waals surface area (Å²) in [4.78, 5) is 2.44. The van der Waals surface area contributed by atoms with Gasteiger partial charge >= 0.3 is 0 Å². The lowest BCUT2D eigenvalue weighted by Crippen LogP contribution is -2.77. The first-order valence-corrected chi connectivity index (χ1v) is 23.7. The van der Waals surface area contributed by atoms with Crippen LogP contribution in [-0.2, 0) is 5.41 Å². The average Bonchev–Trinajstić information content (AvgIpc) is 3.66. The summed E-state index contributed by atoms with van der Waals surface area (Å²) in [5.74, 6) is 3.59. The number of anilines is 3. The smallest absolute Gasteiger partial charge is 0.196 e. The number of benzene rings is 10. The van der Waals surface area contributed by atoms with Crippen molar-refractivity contribution < 1.29 is 9.47 Å². The van der Waals surface area contributed by atoms with E-state index >= 15 is 0 Å². The fourth-order valence-electron chi connectivity index (χ4n) is 11.1. The van der Waals surface area contributed by atoms with Crippen molar-refractivity contribution in [3.05, 3.63) is 259 Å². The molecule has 1 aliphatic carbocycles. The molecule has 10 aromatic carbocycles. The highest BCUT2D eigenvalue weighted by molar-refractivity contribution is 7.21. The van der Waals surface area contributed by atoms with Crippen molar-refractivity contribution in [3.63, 3.8) is 0 Å². The molecule has 3 nitrogen and oxygen atoms in total. The summed E-state index contributed by atoms with van der Waals surface area (Å²) in [6, 6.07) is 86.3. The molecule has 3 aliphatic rings. The molecule has 0 unspecified atom stereocenters. The topological polar surface area (TPSA) is 21.7 Å². The van der Waals surface area contributed by atoms with Gasteiger partial charge in [-0.1, -0.05) is 182 Å². The Morgan fingerprint density at radius 3 is 1.46 bits per heavy atom. The lowest BCUT2D eigenvalue weighted by atomic mass is 9.68. The second kappa shape index (κ2) is 13.8. The van der Waals surface area contributed by atoms with Crippen LogP contribution in [0.15, 0.2) is 237 Å². The normalized spacial score (nSPS) is 14.2. The Hall–Kier alpha value is -7.92. The number of hydrogen-bond acceptors (Lipinski definition) is 3. The van der Waals surface area contributed by atoms with Crippen LogP contribution in [0.25, 0.3) is 21.9 Å². The van der Waals surface area contributed by atoms with Crippen LogP contribution >= 0.6 is 0 Å². The highest BCUT2D eigenvalue weighted by atomic mass is 28.3. The van der Waals surface area contributed by atoms with E-state index in [1.54, 1.807) is 0 Å². The predicted octanol–water partition coefficient (Wildman–Crippen LogP) is 12.3. The standard InChI is InChI=1S/C59H39NO2Si/c1-2-19-41(20-3-1)59(48-24-8-6-22-46(48)47-23-7-9-25-49(47)59)42-33-35-43(36-34-42)60(50-26-16-18-40-17-4-5-21-45(40)50)44-37-38-54-58(39-44)63(57-32-15-12-29-53(57)62-54)55-30-13-10-27-51(55)61-52-28-11-14-31-56(52)63/h1-39H. The monoisotopic (exact) mass is 821 g/mol. The Kier molecular flexibility index (Phi) is 7.84. The van der Waals surface area contributed by atoms with Crippen LogP contribution in [0.3, 0.4) is 0 Å². The average molecular weight is 822 g/mol. The van der Waals surface area contributed by atoms with E-state index in [0.717, 1.165) is 40.1 Å². The number of ether oxygens (including phenoxy) is 2. The van der Waals surface area contributed by atoms with Gasteiger partial charge in [0.2, 0.25) is 0 Å². The maximum Gasteiger partial charge on any atom is 0.196 e. The molecule has 13 rings (SSSR count). The van der Waals surface area contributed by atoms with E-state index in [1.807, 2.05) is 0 Å². The van der Waals surface area contributed by atoms with E-state index < -0.39 is 13.5 Å². The molecule has 0 atom stereocenters. The van der Waals surface area contributed by atoms with Crippen LogP contribution in [0.4, 0.5) is 17.1 Å². The van der Waals surface area contributed by atoms with Gasteiger partial charge < -0.3 is 14.4 Å². The van der Waals surface area contributed by atoms with Gasteiger partial charge in [-0.3, -0.25) is 0 Å². The third-order valence-electron chi connectivity index (χ3n) is 13.7. The summed E-state index contributed by atoms with van der Waals surface area (Å²) >= 11 is 0. The minimum absolute atomic E-state index is 0.490. The molecule has 0 saturated carbocycles. The molecule has 296 valence electrons. The first kappa shape index (κ1) is 35.8. The first-order valence-electron chi connectivity index (χ1n) is 21.7. The van der Waals surface area contributed by atoms with E-state index in [2.05, 4.69) is 241 Å². The molecule has 2 aliphatic heterocycles. The molecule has 0 radical (unpaired) electrons. The molecule has 4 heteroatoms. The van der Waals surface area contributed by atoms with Gasteiger partial charge in [0.25, 0.3) is 0 Å². The SMILES string of the molecule is c1ccc(C2(c3ccc(N(c4ccc5c(c4)[Si]4(c6ccccc6Oc6ccccc64)c4ccccc4O5)c4cccc5ccccc45)cc3)c3ccccc3-c3ccccc32)cc1. The van der Waals surface area contributed by atoms with Gasteiger partial charge in [0.1, 0.15) is 23.0 Å². The molecule has 0 N–H and O–H groups in total. The van der Waals surface area contributed by atoms with E-state index in [1.165, 1.54) is 64.9 Å². The van der Waals surface area contributed by atoms with Gasteiger partial charge in [-0.15, -0.1) is 0 Å². The second-order valence-electron chi connectivity index (χ2n) is 16.7. The second-order valence-corrected chi connectivity index (χ2v) is 20.4. The third kappa shape index (κ3) is 5.01. The Morgan fingerprint density at radius 2 is 0.825 bits per heavy atom. The maximum absolute atomic E-state index is 6.91. The lowest BCUT2D eigenvalue weighted by Gasteiger charge is -2.43. The van der Waals surface area contributed by atoms with Gasteiger partial charge in [0.05, 0.1) is 11.1 Å². The van der Waals surface area contributed by atoms with Crippen LogP contribution in [-0.4, -0.2) is 8.07 Å². The van der Waals surface area contributed by atoms with E-state index in [0.29, 0.717) is 0 Å². The highest BCUT2D eigenvalue weighted by Crippen LogP contribution is 2.56. The van der Waals surface area contributed by atoms with Crippen LogP contribution in [0, 0.1) is 0 Å². The summed E-state index contributed by atoms with van der Waals surface area (Å²) in [6.45, 7) is 0. The Bertz CT molecular complexity index is 3280. The van der Waals surface area contributed by atoms with Crippen LogP contribution in [0.5, 0.6) is 23.0 Å². The summed E-state index contributed by atoms with van der Waals surface area (Å²) in [5.41, 5.74) is 10.4. The molecule has 0 bridgehead atoms. The molecular weight excluding hydrogens is 783 g/mol. The zero-order valence-electron chi connectivity index (χ0n) is 34.3. The van der Waals surface area contributed by atoms with Gasteiger partial charge in [0, 0.05) is 16.8 Å². The van der Waals surface area contributed by atoms with Crippen LogP contribution in [0.1, 0.15) is 22.3 Å².